The SMILES string of the molecule is CC(C)(C)OC(=O)N1CC2CCC(C1)C2N1CCOCC1. The van der Waals surface area contributed by atoms with Crippen LogP contribution >= 0.6 is 0 Å². The van der Waals surface area contributed by atoms with Crippen molar-refractivity contribution in [3.05, 3.63) is 0 Å². The molecule has 1 aliphatic carbocycles. The van der Waals surface area contributed by atoms with E-state index in [4.69, 9.17) is 9.47 Å². The lowest BCUT2D eigenvalue weighted by Gasteiger charge is -2.44. The minimum Gasteiger partial charge on any atom is -0.444 e. The predicted octanol–water partition coefficient (Wildman–Crippen LogP) is 1.96. The number of hydrogen-bond donors (Lipinski definition) is 0. The molecule has 21 heavy (non-hydrogen) atoms. The Morgan fingerprint density at radius 3 is 2.19 bits per heavy atom. The van der Waals surface area contributed by atoms with Gasteiger partial charge in [-0.2, -0.15) is 0 Å². The van der Waals surface area contributed by atoms with Crippen LogP contribution in [0.3, 0.4) is 0 Å². The highest BCUT2D eigenvalue weighted by molar-refractivity contribution is 5.68. The molecule has 2 bridgehead atoms. The molecule has 3 fully saturated rings. The number of piperidine rings is 1. The van der Waals surface area contributed by atoms with Crippen molar-refractivity contribution in [1.29, 1.82) is 0 Å². The molecule has 2 saturated heterocycles. The number of rotatable bonds is 1. The number of amides is 1. The van der Waals surface area contributed by atoms with Gasteiger partial charge in [-0.1, -0.05) is 0 Å². The Morgan fingerprint density at radius 2 is 1.67 bits per heavy atom. The van der Waals surface area contributed by atoms with Crippen LogP contribution in [0.5, 0.6) is 0 Å². The summed E-state index contributed by atoms with van der Waals surface area (Å²) in [6.45, 7) is 11.3. The predicted molar refractivity (Wildman–Crippen MR) is 80.2 cm³/mol. The van der Waals surface area contributed by atoms with Gasteiger partial charge < -0.3 is 14.4 Å². The van der Waals surface area contributed by atoms with Crippen LogP contribution in [0.1, 0.15) is 33.6 Å². The van der Waals surface area contributed by atoms with Gasteiger partial charge in [-0.3, -0.25) is 4.90 Å². The lowest BCUT2D eigenvalue weighted by Crippen LogP contribution is -2.56. The zero-order valence-electron chi connectivity index (χ0n) is 13.5. The lowest BCUT2D eigenvalue weighted by atomic mass is 9.90. The summed E-state index contributed by atoms with van der Waals surface area (Å²) in [6, 6.07) is 0.646. The monoisotopic (exact) mass is 296 g/mol. The number of carbonyl (C=O) groups excluding carboxylic acids is 1. The summed E-state index contributed by atoms with van der Waals surface area (Å²) in [4.78, 5) is 16.8. The molecule has 2 aliphatic heterocycles. The average molecular weight is 296 g/mol. The summed E-state index contributed by atoms with van der Waals surface area (Å²) in [5.74, 6) is 1.21. The van der Waals surface area contributed by atoms with Crippen molar-refractivity contribution in [2.45, 2.75) is 45.3 Å². The van der Waals surface area contributed by atoms with E-state index in [1.165, 1.54) is 12.8 Å². The van der Waals surface area contributed by atoms with Crippen molar-refractivity contribution < 1.29 is 14.3 Å². The fourth-order valence-electron chi connectivity index (χ4n) is 4.14. The van der Waals surface area contributed by atoms with Crippen molar-refractivity contribution in [2.24, 2.45) is 11.8 Å². The number of carbonyl (C=O) groups is 1. The van der Waals surface area contributed by atoms with Crippen LogP contribution in [0.2, 0.25) is 0 Å². The van der Waals surface area contributed by atoms with Crippen molar-refractivity contribution in [3.63, 3.8) is 0 Å². The van der Waals surface area contributed by atoms with Crippen LogP contribution in [0, 0.1) is 11.8 Å². The highest BCUT2D eigenvalue weighted by Gasteiger charge is 2.46. The smallest absolute Gasteiger partial charge is 0.410 e. The first-order chi connectivity index (χ1) is 9.94. The molecule has 1 amide bonds. The molecule has 3 rings (SSSR count). The Bertz CT molecular complexity index is 373. The summed E-state index contributed by atoms with van der Waals surface area (Å²) in [6.07, 6.45) is 2.35. The standard InChI is InChI=1S/C16H28N2O3/c1-16(2,3)21-15(19)18-10-12-4-5-13(11-18)14(12)17-6-8-20-9-7-17/h12-14H,4-11H2,1-3H3. The van der Waals surface area contributed by atoms with Crippen molar-refractivity contribution in [2.75, 3.05) is 39.4 Å². The van der Waals surface area contributed by atoms with E-state index in [-0.39, 0.29) is 6.09 Å². The van der Waals surface area contributed by atoms with Gasteiger partial charge in [0.25, 0.3) is 0 Å². The number of ether oxygens (including phenoxy) is 2. The quantitative estimate of drug-likeness (QED) is 0.742. The summed E-state index contributed by atoms with van der Waals surface area (Å²) >= 11 is 0. The summed E-state index contributed by atoms with van der Waals surface area (Å²) in [7, 11) is 0. The van der Waals surface area contributed by atoms with Crippen molar-refractivity contribution in [1.82, 2.24) is 9.80 Å². The van der Waals surface area contributed by atoms with Gasteiger partial charge in [0.15, 0.2) is 0 Å². The minimum atomic E-state index is -0.406. The molecule has 0 radical (unpaired) electrons. The fourth-order valence-corrected chi connectivity index (χ4v) is 4.14. The maximum atomic E-state index is 12.3. The molecule has 0 aromatic heterocycles. The van der Waals surface area contributed by atoms with E-state index in [9.17, 15) is 4.79 Å². The Balaban J connectivity index is 1.62. The van der Waals surface area contributed by atoms with Crippen molar-refractivity contribution >= 4 is 6.09 Å². The normalized spacial score (nSPS) is 34.0. The van der Waals surface area contributed by atoms with Crippen LogP contribution in [-0.4, -0.2) is 66.9 Å². The fraction of sp³-hybridized carbons (Fsp3) is 0.938. The topological polar surface area (TPSA) is 42.0 Å². The number of likely N-dealkylation sites (tertiary alicyclic amines) is 1. The molecule has 5 heteroatoms. The summed E-state index contributed by atoms with van der Waals surface area (Å²) in [5, 5.41) is 0. The molecule has 0 aromatic rings. The molecule has 0 N–H and O–H groups in total. The Morgan fingerprint density at radius 1 is 1.10 bits per heavy atom. The largest absolute Gasteiger partial charge is 0.444 e. The summed E-state index contributed by atoms with van der Waals surface area (Å²) < 4.78 is 11.0. The van der Waals surface area contributed by atoms with E-state index in [0.717, 1.165) is 39.4 Å². The van der Waals surface area contributed by atoms with E-state index < -0.39 is 5.60 Å². The number of fused-ring (bicyclic) bond motifs is 2. The second-order valence-corrected chi connectivity index (χ2v) is 7.62. The molecule has 1 saturated carbocycles. The second kappa shape index (κ2) is 5.76. The second-order valence-electron chi connectivity index (χ2n) is 7.62. The number of morpholine rings is 1. The highest BCUT2D eigenvalue weighted by Crippen LogP contribution is 2.40. The lowest BCUT2D eigenvalue weighted by molar-refractivity contribution is -0.0322. The third-order valence-corrected chi connectivity index (χ3v) is 4.90. The number of nitrogens with zero attached hydrogens (tertiary/aromatic N) is 2. The van der Waals surface area contributed by atoms with Crippen LogP contribution in [0.4, 0.5) is 4.79 Å². The molecule has 0 spiro atoms. The van der Waals surface area contributed by atoms with Gasteiger partial charge >= 0.3 is 6.09 Å². The Hall–Kier alpha value is -0.810. The Labute approximate surface area is 127 Å². The van der Waals surface area contributed by atoms with Crippen LogP contribution < -0.4 is 0 Å². The maximum Gasteiger partial charge on any atom is 0.410 e. The molecule has 2 heterocycles. The zero-order chi connectivity index (χ0) is 15.0. The van der Waals surface area contributed by atoms with Gasteiger partial charge in [0.2, 0.25) is 0 Å². The van der Waals surface area contributed by atoms with Gasteiger partial charge in [0.05, 0.1) is 13.2 Å². The molecular formula is C16H28N2O3. The molecule has 0 aromatic carbocycles. The highest BCUT2D eigenvalue weighted by atomic mass is 16.6. The first-order valence-corrected chi connectivity index (χ1v) is 8.24. The van der Waals surface area contributed by atoms with Gasteiger partial charge in [-0.15, -0.1) is 0 Å². The first kappa shape index (κ1) is 15.1. The van der Waals surface area contributed by atoms with E-state index in [2.05, 4.69) is 4.90 Å². The third kappa shape index (κ3) is 3.34. The molecule has 3 aliphatic rings. The van der Waals surface area contributed by atoms with Crippen LogP contribution in [-0.2, 0) is 9.47 Å². The van der Waals surface area contributed by atoms with Crippen LogP contribution in [0.15, 0.2) is 0 Å². The molecular weight excluding hydrogens is 268 g/mol. The maximum absolute atomic E-state index is 12.3. The van der Waals surface area contributed by atoms with Crippen LogP contribution in [0.25, 0.3) is 0 Å². The van der Waals surface area contributed by atoms with Gasteiger partial charge in [0.1, 0.15) is 5.60 Å². The number of hydrogen-bond acceptors (Lipinski definition) is 4. The zero-order valence-corrected chi connectivity index (χ0v) is 13.5. The molecule has 5 nitrogen and oxygen atoms in total. The third-order valence-electron chi connectivity index (χ3n) is 4.90. The molecule has 2 atom stereocenters. The minimum absolute atomic E-state index is 0.139. The first-order valence-electron chi connectivity index (χ1n) is 8.24. The van der Waals surface area contributed by atoms with E-state index in [1.54, 1.807) is 0 Å². The molecule has 2 unspecified atom stereocenters. The van der Waals surface area contributed by atoms with E-state index >= 15 is 0 Å². The van der Waals surface area contributed by atoms with Gasteiger partial charge in [-0.25, -0.2) is 4.79 Å². The summed E-state index contributed by atoms with van der Waals surface area (Å²) in [5.41, 5.74) is -0.406. The van der Waals surface area contributed by atoms with Gasteiger partial charge in [0, 0.05) is 32.2 Å². The van der Waals surface area contributed by atoms with E-state index in [1.807, 2.05) is 25.7 Å². The van der Waals surface area contributed by atoms with Gasteiger partial charge in [-0.05, 0) is 45.4 Å². The van der Waals surface area contributed by atoms with Crippen molar-refractivity contribution in [3.8, 4) is 0 Å². The average Bonchev–Trinajstić information content (AvgIpc) is 2.68. The molecule has 120 valence electrons. The Kier molecular flexibility index (Phi) is 4.14. The van der Waals surface area contributed by atoms with E-state index in [0.29, 0.717) is 17.9 Å².